The molecule has 1 aromatic carbocycles. The molecule has 1 heterocycles. The van der Waals surface area contributed by atoms with Crippen LogP contribution < -0.4 is 5.32 Å². The van der Waals surface area contributed by atoms with Crippen molar-refractivity contribution in [3.05, 3.63) is 29.8 Å². The van der Waals surface area contributed by atoms with Crippen LogP contribution in [0.5, 0.6) is 0 Å². The van der Waals surface area contributed by atoms with Gasteiger partial charge in [-0.1, -0.05) is 30.5 Å². The second-order valence-electron chi connectivity index (χ2n) is 6.91. The quantitative estimate of drug-likeness (QED) is 0.832. The van der Waals surface area contributed by atoms with Crippen molar-refractivity contribution in [2.24, 2.45) is 5.92 Å². The van der Waals surface area contributed by atoms with E-state index >= 15 is 0 Å². The average Bonchev–Trinajstić information content (AvgIpc) is 3.24. The maximum atomic E-state index is 12.2. The zero-order valence-electron chi connectivity index (χ0n) is 14.5. The number of rotatable bonds is 5. The average molecular weight is 344 g/mol. The first-order chi connectivity index (χ1) is 12.0. The predicted molar refractivity (Wildman–Crippen MR) is 92.8 cm³/mol. The molecule has 1 saturated heterocycles. The molecule has 1 aromatic rings. The predicted octanol–water partition coefficient (Wildman–Crippen LogP) is 2.27. The van der Waals surface area contributed by atoms with Crippen LogP contribution in [0, 0.1) is 12.8 Å². The van der Waals surface area contributed by atoms with Gasteiger partial charge in [0.2, 0.25) is 5.91 Å². The van der Waals surface area contributed by atoms with Gasteiger partial charge in [-0.25, -0.2) is 0 Å². The molecule has 2 amide bonds. The number of aryl methyl sites for hydroxylation is 1. The number of carbonyl (C=O) groups is 3. The second-order valence-corrected chi connectivity index (χ2v) is 6.91. The van der Waals surface area contributed by atoms with Crippen LogP contribution in [0.25, 0.3) is 0 Å². The number of esters is 1. The van der Waals surface area contributed by atoms with Crippen molar-refractivity contribution in [1.82, 2.24) is 4.90 Å². The van der Waals surface area contributed by atoms with Gasteiger partial charge in [-0.2, -0.15) is 0 Å². The van der Waals surface area contributed by atoms with Gasteiger partial charge in [0.1, 0.15) is 0 Å². The Balaban J connectivity index is 1.45. The summed E-state index contributed by atoms with van der Waals surface area (Å²) in [5.41, 5.74) is 1.76. The Labute approximate surface area is 147 Å². The Morgan fingerprint density at radius 3 is 2.56 bits per heavy atom. The zero-order chi connectivity index (χ0) is 17.8. The number of amides is 2. The molecule has 2 fully saturated rings. The highest BCUT2D eigenvalue weighted by Gasteiger charge is 2.39. The fourth-order valence-corrected chi connectivity index (χ4v) is 3.55. The van der Waals surface area contributed by atoms with Crippen molar-refractivity contribution in [3.8, 4) is 0 Å². The first kappa shape index (κ1) is 17.5. The molecule has 6 nitrogen and oxygen atoms in total. The fourth-order valence-electron chi connectivity index (χ4n) is 3.55. The van der Waals surface area contributed by atoms with E-state index in [1.165, 1.54) is 0 Å². The number of likely N-dealkylation sites (tertiary alicyclic amines) is 1. The van der Waals surface area contributed by atoms with Crippen molar-refractivity contribution < 1.29 is 19.1 Å². The minimum absolute atomic E-state index is 0.0259. The first-order valence-electron chi connectivity index (χ1n) is 8.85. The van der Waals surface area contributed by atoms with Crippen molar-refractivity contribution in [2.75, 3.05) is 18.5 Å². The zero-order valence-corrected chi connectivity index (χ0v) is 14.5. The van der Waals surface area contributed by atoms with Crippen LogP contribution >= 0.6 is 0 Å². The summed E-state index contributed by atoms with van der Waals surface area (Å²) in [5.74, 6) is -1.28. The third kappa shape index (κ3) is 4.38. The summed E-state index contributed by atoms with van der Waals surface area (Å²) in [4.78, 5) is 38.0. The molecule has 1 aliphatic heterocycles. The SMILES string of the molecule is Cc1ccc(NC(=O)COC(=O)C2CC(=O)N(C3CCCC3)C2)cc1. The number of carbonyl (C=O) groups excluding carboxylic acids is 3. The summed E-state index contributed by atoms with van der Waals surface area (Å²) in [6.07, 6.45) is 4.51. The molecule has 0 bridgehead atoms. The maximum absolute atomic E-state index is 12.2. The minimum atomic E-state index is -0.465. The molecular weight excluding hydrogens is 320 g/mol. The molecule has 0 spiro atoms. The number of benzene rings is 1. The largest absolute Gasteiger partial charge is 0.455 e. The maximum Gasteiger partial charge on any atom is 0.311 e. The van der Waals surface area contributed by atoms with Crippen LogP contribution in [-0.2, 0) is 19.1 Å². The van der Waals surface area contributed by atoms with Crippen LogP contribution in [0.4, 0.5) is 5.69 Å². The topological polar surface area (TPSA) is 75.7 Å². The lowest BCUT2D eigenvalue weighted by atomic mass is 10.1. The highest BCUT2D eigenvalue weighted by atomic mass is 16.5. The standard InChI is InChI=1S/C19H24N2O4/c1-13-6-8-15(9-7-13)20-17(22)12-25-19(24)14-10-18(23)21(11-14)16-4-2-3-5-16/h6-9,14,16H,2-5,10-12H2,1H3,(H,20,22). The molecule has 6 heteroatoms. The monoisotopic (exact) mass is 344 g/mol. The molecule has 1 saturated carbocycles. The van der Waals surface area contributed by atoms with Gasteiger partial charge in [0, 0.05) is 24.7 Å². The molecule has 0 radical (unpaired) electrons. The Kier molecular flexibility index (Phi) is 5.36. The van der Waals surface area contributed by atoms with E-state index in [1.54, 1.807) is 12.1 Å². The first-order valence-corrected chi connectivity index (χ1v) is 8.85. The molecule has 1 unspecified atom stereocenters. The second kappa shape index (κ2) is 7.68. The van der Waals surface area contributed by atoms with Gasteiger partial charge in [-0.3, -0.25) is 14.4 Å². The molecule has 2 aliphatic rings. The number of ether oxygens (including phenoxy) is 1. The fraction of sp³-hybridized carbons (Fsp3) is 0.526. The van der Waals surface area contributed by atoms with Crippen LogP contribution in [0.1, 0.15) is 37.7 Å². The van der Waals surface area contributed by atoms with Gasteiger partial charge in [0.05, 0.1) is 5.92 Å². The minimum Gasteiger partial charge on any atom is -0.455 e. The van der Waals surface area contributed by atoms with Crippen molar-refractivity contribution >= 4 is 23.5 Å². The van der Waals surface area contributed by atoms with Gasteiger partial charge in [-0.15, -0.1) is 0 Å². The highest BCUT2D eigenvalue weighted by Crippen LogP contribution is 2.29. The van der Waals surface area contributed by atoms with E-state index in [4.69, 9.17) is 4.74 Å². The number of anilines is 1. The Hall–Kier alpha value is -2.37. The summed E-state index contributed by atoms with van der Waals surface area (Å²) >= 11 is 0. The van der Waals surface area contributed by atoms with Crippen LogP contribution in [0.15, 0.2) is 24.3 Å². The lowest BCUT2D eigenvalue weighted by Gasteiger charge is -2.23. The van der Waals surface area contributed by atoms with E-state index in [1.807, 2.05) is 24.0 Å². The molecule has 1 N–H and O–H groups in total. The summed E-state index contributed by atoms with van der Waals surface area (Å²) in [6, 6.07) is 7.65. The summed E-state index contributed by atoms with van der Waals surface area (Å²) in [7, 11) is 0. The number of nitrogens with zero attached hydrogens (tertiary/aromatic N) is 1. The number of hydrogen-bond donors (Lipinski definition) is 1. The van der Waals surface area contributed by atoms with E-state index in [0.717, 1.165) is 31.2 Å². The van der Waals surface area contributed by atoms with E-state index in [9.17, 15) is 14.4 Å². The Morgan fingerprint density at radius 2 is 1.88 bits per heavy atom. The molecule has 1 aliphatic carbocycles. The third-order valence-electron chi connectivity index (χ3n) is 4.94. The molecule has 3 rings (SSSR count). The molecule has 1 atom stereocenters. The summed E-state index contributed by atoms with van der Waals surface area (Å²) < 4.78 is 5.11. The highest BCUT2D eigenvalue weighted by molar-refractivity contribution is 5.93. The summed E-state index contributed by atoms with van der Waals surface area (Å²) in [5, 5.41) is 2.68. The van der Waals surface area contributed by atoms with Crippen LogP contribution in [0.3, 0.4) is 0 Å². The Bertz CT molecular complexity index is 650. The number of nitrogens with one attached hydrogen (secondary N) is 1. The van der Waals surface area contributed by atoms with E-state index in [0.29, 0.717) is 12.2 Å². The lowest BCUT2D eigenvalue weighted by Crippen LogP contribution is -2.35. The van der Waals surface area contributed by atoms with E-state index in [-0.39, 0.29) is 30.9 Å². The van der Waals surface area contributed by atoms with Gasteiger partial charge in [-0.05, 0) is 31.9 Å². The molecule has 134 valence electrons. The van der Waals surface area contributed by atoms with Crippen molar-refractivity contribution in [2.45, 2.75) is 45.1 Å². The molecular formula is C19H24N2O4. The third-order valence-corrected chi connectivity index (χ3v) is 4.94. The van der Waals surface area contributed by atoms with Crippen LogP contribution in [-0.4, -0.2) is 41.9 Å². The number of hydrogen-bond acceptors (Lipinski definition) is 4. The van der Waals surface area contributed by atoms with E-state index < -0.39 is 11.9 Å². The van der Waals surface area contributed by atoms with Gasteiger partial charge >= 0.3 is 5.97 Å². The molecule has 0 aromatic heterocycles. The van der Waals surface area contributed by atoms with Gasteiger partial charge in [0.25, 0.3) is 5.91 Å². The van der Waals surface area contributed by atoms with Crippen molar-refractivity contribution in [1.29, 1.82) is 0 Å². The van der Waals surface area contributed by atoms with E-state index in [2.05, 4.69) is 5.32 Å². The van der Waals surface area contributed by atoms with Crippen LogP contribution in [0.2, 0.25) is 0 Å². The normalized spacial score (nSPS) is 20.8. The molecule has 25 heavy (non-hydrogen) atoms. The summed E-state index contributed by atoms with van der Waals surface area (Å²) in [6.45, 7) is 2.05. The van der Waals surface area contributed by atoms with Crippen molar-refractivity contribution in [3.63, 3.8) is 0 Å². The van der Waals surface area contributed by atoms with Gasteiger partial charge < -0.3 is 15.0 Å². The lowest BCUT2D eigenvalue weighted by molar-refractivity contribution is -0.151. The Morgan fingerprint density at radius 1 is 1.20 bits per heavy atom. The smallest absolute Gasteiger partial charge is 0.311 e. The van der Waals surface area contributed by atoms with Gasteiger partial charge in [0.15, 0.2) is 6.61 Å².